The number of benzene rings is 1. The summed E-state index contributed by atoms with van der Waals surface area (Å²) in [6.07, 6.45) is 0. The van der Waals surface area contributed by atoms with E-state index in [4.69, 9.17) is 4.74 Å². The number of ether oxygens (including phenoxy) is 1. The number of anilines is 1. The van der Waals surface area contributed by atoms with Gasteiger partial charge in [0.15, 0.2) is 0 Å². The van der Waals surface area contributed by atoms with Crippen molar-refractivity contribution in [1.29, 1.82) is 0 Å². The van der Waals surface area contributed by atoms with Crippen molar-refractivity contribution in [3.05, 3.63) is 63.5 Å². The van der Waals surface area contributed by atoms with Gasteiger partial charge >= 0.3 is 0 Å². The molecule has 1 aliphatic rings. The maximum absolute atomic E-state index is 13.0. The van der Waals surface area contributed by atoms with E-state index in [0.29, 0.717) is 31.0 Å². The smallest absolute Gasteiger partial charge is 0.254 e. The van der Waals surface area contributed by atoms with Crippen LogP contribution in [0.4, 0.5) is 5.82 Å². The molecule has 7 nitrogen and oxygen atoms in total. The number of aryl methyl sites for hydroxylation is 3. The van der Waals surface area contributed by atoms with Crippen LogP contribution in [0.5, 0.6) is 5.75 Å². The molecular formula is C22H25N5O2S. The predicted octanol–water partition coefficient (Wildman–Crippen LogP) is 3.40. The number of hydrogen-bond donors (Lipinski definition) is 0. The largest absolute Gasteiger partial charge is 0.487 e. The minimum atomic E-state index is 0.0275. The first kappa shape index (κ1) is 20.3. The van der Waals surface area contributed by atoms with Gasteiger partial charge in [0, 0.05) is 48.9 Å². The molecule has 0 unspecified atom stereocenters. The van der Waals surface area contributed by atoms with E-state index in [9.17, 15) is 4.79 Å². The maximum atomic E-state index is 13.0. The van der Waals surface area contributed by atoms with Crippen molar-refractivity contribution in [3.8, 4) is 5.75 Å². The second-order valence-corrected chi connectivity index (χ2v) is 8.43. The van der Waals surface area contributed by atoms with Gasteiger partial charge in [-0.25, -0.2) is 15.0 Å². The van der Waals surface area contributed by atoms with E-state index in [2.05, 4.69) is 19.9 Å². The number of aromatic nitrogens is 3. The van der Waals surface area contributed by atoms with Gasteiger partial charge in [0.1, 0.15) is 24.0 Å². The number of piperazine rings is 1. The summed E-state index contributed by atoms with van der Waals surface area (Å²) in [7, 11) is 0. The molecule has 0 bridgehead atoms. The van der Waals surface area contributed by atoms with Crippen molar-refractivity contribution >= 4 is 23.1 Å². The Balaban J connectivity index is 1.37. The first-order valence-corrected chi connectivity index (χ1v) is 10.9. The summed E-state index contributed by atoms with van der Waals surface area (Å²) in [5.74, 6) is 2.41. The number of carbonyl (C=O) groups excluding carboxylic acids is 1. The number of hydrogen-bond acceptors (Lipinski definition) is 7. The van der Waals surface area contributed by atoms with E-state index in [-0.39, 0.29) is 5.91 Å². The third kappa shape index (κ3) is 4.76. The zero-order valence-electron chi connectivity index (χ0n) is 17.5. The summed E-state index contributed by atoms with van der Waals surface area (Å²) < 4.78 is 5.83. The Morgan fingerprint density at radius 2 is 1.87 bits per heavy atom. The van der Waals surface area contributed by atoms with Gasteiger partial charge in [-0.2, -0.15) is 0 Å². The molecule has 0 spiro atoms. The molecule has 156 valence electrons. The monoisotopic (exact) mass is 423 g/mol. The second kappa shape index (κ2) is 8.79. The van der Waals surface area contributed by atoms with Crippen LogP contribution in [0.3, 0.4) is 0 Å². The molecule has 0 N–H and O–H groups in total. The van der Waals surface area contributed by atoms with Crippen LogP contribution in [0, 0.1) is 20.8 Å². The Hall–Kier alpha value is -3.00. The van der Waals surface area contributed by atoms with Crippen LogP contribution in [-0.4, -0.2) is 51.9 Å². The fourth-order valence-corrected chi connectivity index (χ4v) is 4.13. The van der Waals surface area contributed by atoms with Gasteiger partial charge in [-0.3, -0.25) is 4.79 Å². The van der Waals surface area contributed by atoms with Gasteiger partial charge in [0.25, 0.3) is 5.91 Å². The number of carbonyl (C=O) groups is 1. The molecule has 1 saturated heterocycles. The Morgan fingerprint density at radius 3 is 2.57 bits per heavy atom. The maximum Gasteiger partial charge on any atom is 0.254 e. The minimum absolute atomic E-state index is 0.0275. The van der Waals surface area contributed by atoms with Crippen molar-refractivity contribution < 1.29 is 9.53 Å². The van der Waals surface area contributed by atoms with Gasteiger partial charge in [0.2, 0.25) is 0 Å². The lowest BCUT2D eigenvalue weighted by Gasteiger charge is -2.35. The molecule has 3 aromatic rings. The molecule has 1 fully saturated rings. The van der Waals surface area contributed by atoms with Crippen molar-refractivity contribution in [3.63, 3.8) is 0 Å². The molecule has 3 heterocycles. The van der Waals surface area contributed by atoms with Crippen LogP contribution in [0.2, 0.25) is 0 Å². The van der Waals surface area contributed by atoms with Crippen LogP contribution >= 0.6 is 11.3 Å². The summed E-state index contributed by atoms with van der Waals surface area (Å²) in [6, 6.07) is 9.37. The Kier molecular flexibility index (Phi) is 5.94. The van der Waals surface area contributed by atoms with Gasteiger partial charge in [-0.15, -0.1) is 11.3 Å². The van der Waals surface area contributed by atoms with E-state index < -0.39 is 0 Å². The third-order valence-electron chi connectivity index (χ3n) is 4.98. The Labute approximate surface area is 180 Å². The van der Waals surface area contributed by atoms with Crippen LogP contribution < -0.4 is 9.64 Å². The van der Waals surface area contributed by atoms with Gasteiger partial charge < -0.3 is 14.5 Å². The molecule has 8 heteroatoms. The quantitative estimate of drug-likeness (QED) is 0.626. The average molecular weight is 424 g/mol. The van der Waals surface area contributed by atoms with Gasteiger partial charge in [-0.1, -0.05) is 6.07 Å². The summed E-state index contributed by atoms with van der Waals surface area (Å²) in [5.41, 5.74) is 2.50. The molecule has 4 rings (SSSR count). The second-order valence-electron chi connectivity index (χ2n) is 7.37. The summed E-state index contributed by atoms with van der Waals surface area (Å²) in [6.45, 7) is 9.07. The first-order valence-electron chi connectivity index (χ1n) is 9.98. The fourth-order valence-electron chi connectivity index (χ4n) is 3.53. The van der Waals surface area contributed by atoms with Crippen LogP contribution in [0.1, 0.15) is 32.6 Å². The zero-order chi connectivity index (χ0) is 21.1. The highest BCUT2D eigenvalue weighted by Gasteiger charge is 2.23. The molecule has 0 radical (unpaired) electrons. The van der Waals surface area contributed by atoms with Crippen LogP contribution in [0.15, 0.2) is 35.7 Å². The highest BCUT2D eigenvalue weighted by atomic mass is 32.1. The summed E-state index contributed by atoms with van der Waals surface area (Å²) in [5, 5.41) is 3.01. The first-order chi connectivity index (χ1) is 14.5. The molecular weight excluding hydrogens is 398 g/mol. The lowest BCUT2D eigenvalue weighted by Crippen LogP contribution is -2.49. The van der Waals surface area contributed by atoms with Crippen molar-refractivity contribution in [1.82, 2.24) is 19.9 Å². The van der Waals surface area contributed by atoms with Crippen molar-refractivity contribution in [2.75, 3.05) is 31.1 Å². The standard InChI is InChI=1S/C22H25N5O2S/c1-15-11-21(24-16(2)23-15)26-7-9-27(10-8-26)22(28)18-5-4-6-20(12-18)29-13-19-14-30-17(3)25-19/h4-6,11-12,14H,7-10,13H2,1-3H3. The number of rotatable bonds is 5. The van der Waals surface area contributed by atoms with E-state index in [1.807, 2.05) is 61.4 Å². The molecule has 1 aliphatic heterocycles. The normalized spacial score (nSPS) is 14.1. The van der Waals surface area contributed by atoms with Crippen LogP contribution in [0.25, 0.3) is 0 Å². The number of amides is 1. The SMILES string of the molecule is Cc1cc(N2CCN(C(=O)c3cccc(OCc4csc(C)n4)c3)CC2)nc(C)n1. The van der Waals surface area contributed by atoms with Crippen molar-refractivity contribution in [2.24, 2.45) is 0 Å². The highest BCUT2D eigenvalue weighted by Crippen LogP contribution is 2.20. The molecule has 2 aromatic heterocycles. The molecule has 30 heavy (non-hydrogen) atoms. The zero-order valence-corrected chi connectivity index (χ0v) is 18.3. The Bertz CT molecular complexity index is 1020. The topological polar surface area (TPSA) is 71.5 Å². The molecule has 0 atom stereocenters. The lowest BCUT2D eigenvalue weighted by molar-refractivity contribution is 0.0746. The van der Waals surface area contributed by atoms with Gasteiger partial charge in [0.05, 0.1) is 10.7 Å². The summed E-state index contributed by atoms with van der Waals surface area (Å²) >= 11 is 1.60. The van der Waals surface area contributed by atoms with E-state index >= 15 is 0 Å². The third-order valence-corrected chi connectivity index (χ3v) is 5.80. The van der Waals surface area contributed by atoms with E-state index in [0.717, 1.165) is 41.1 Å². The molecule has 0 saturated carbocycles. The van der Waals surface area contributed by atoms with Crippen molar-refractivity contribution in [2.45, 2.75) is 27.4 Å². The fraction of sp³-hybridized carbons (Fsp3) is 0.364. The highest BCUT2D eigenvalue weighted by molar-refractivity contribution is 7.09. The number of nitrogens with zero attached hydrogens (tertiary/aromatic N) is 5. The Morgan fingerprint density at radius 1 is 1.07 bits per heavy atom. The number of thiazole rings is 1. The molecule has 1 aromatic carbocycles. The van der Waals surface area contributed by atoms with Gasteiger partial charge in [-0.05, 0) is 39.0 Å². The average Bonchev–Trinajstić information content (AvgIpc) is 3.16. The molecule has 0 aliphatic carbocycles. The molecule has 1 amide bonds. The predicted molar refractivity (Wildman–Crippen MR) is 117 cm³/mol. The van der Waals surface area contributed by atoms with E-state index in [1.165, 1.54) is 0 Å². The lowest BCUT2D eigenvalue weighted by atomic mass is 10.1. The summed E-state index contributed by atoms with van der Waals surface area (Å²) in [4.78, 5) is 30.4. The van der Waals surface area contributed by atoms with Crippen LogP contribution in [-0.2, 0) is 6.61 Å². The van der Waals surface area contributed by atoms with E-state index in [1.54, 1.807) is 11.3 Å². The minimum Gasteiger partial charge on any atom is -0.487 e.